The van der Waals surface area contributed by atoms with E-state index in [4.69, 9.17) is 31.5 Å². The Bertz CT molecular complexity index is 5330. The van der Waals surface area contributed by atoms with Crippen LogP contribution in [0.2, 0.25) is 0 Å². The number of aromatic nitrogens is 4. The second-order valence-corrected chi connectivity index (χ2v) is 23.0. The van der Waals surface area contributed by atoms with Gasteiger partial charge >= 0.3 is 12.4 Å². The summed E-state index contributed by atoms with van der Waals surface area (Å²) in [7, 11) is 0. The molecule has 6 aromatic carbocycles. The van der Waals surface area contributed by atoms with Crippen LogP contribution in [-0.2, 0) is 85.2 Å². The predicted molar refractivity (Wildman–Crippen MR) is 358 cm³/mol. The first-order valence-electron chi connectivity index (χ1n) is 42.1. The molecule has 0 N–H and O–H groups in total. The van der Waals surface area contributed by atoms with Crippen LogP contribution in [0.3, 0.4) is 0 Å². The quantitative estimate of drug-likeness (QED) is 0.0295. The number of alkyl halides is 6. The molecule has 95 heavy (non-hydrogen) atoms. The molecule has 2 aliphatic carbocycles. The Morgan fingerprint density at radius 2 is 0.989 bits per heavy atom. The van der Waals surface area contributed by atoms with Crippen molar-refractivity contribution < 1.29 is 79.0 Å². The summed E-state index contributed by atoms with van der Waals surface area (Å²) >= 11 is 1.52. The zero-order chi connectivity index (χ0) is 90.1. The monoisotopic (exact) mass is 1370 g/mol. The number of benzene rings is 6. The second kappa shape index (κ2) is 32.7. The number of rotatable bonds is 26. The highest BCUT2D eigenvalue weighted by Gasteiger charge is 2.33. The standard InChI is InChI=1S/C37H40F4N4O2S.C36H38F4N4O2S/c1-4-43(5-2)18-19-44(22-26-6-10-28(11-7-26)29-12-14-30(15-13-29)37(39,40)41)34(46)23-45-33-21-25(3)20-32(33)35(47)42-36(45)48-24-27-8-16-31(38)17-9-27;1-3-42(4-2)20-21-43(22-25-8-12-27(13-9-25)28-14-16-29(17-15-28)36(38,39)40)33(45)23-44-32-7-5-6-31(32)34(46)41-35(44)47-24-26-10-18-30(37)19-11-26/h6-17,25H,4-5,18-24H2,1-3H3;8-19H,3-7,20-24H2,1-2H3/i6D,7D,10D,11D,12D,13D,14D,15D,18D2,19D2,20D2,21D2,25D;10D,11D,18D,19D,20D2,21D2. The van der Waals surface area contributed by atoms with Crippen molar-refractivity contribution in [1.29, 1.82) is 0 Å². The number of carbonyl (C=O) groups is 2. The average molecular weight is 1370 g/mol. The molecule has 0 saturated heterocycles. The Labute approximate surface area is 592 Å². The molecule has 2 aromatic heterocycles. The molecule has 0 saturated carbocycles. The normalized spacial score (nSPS) is 19.8. The number of nitrogens with zero attached hydrogens (tertiary/aromatic N) is 8. The van der Waals surface area contributed by atoms with Crippen LogP contribution in [0.25, 0.3) is 22.3 Å². The van der Waals surface area contributed by atoms with Crippen molar-refractivity contribution in [2.45, 2.75) is 127 Å². The largest absolute Gasteiger partial charge is 0.416 e. The van der Waals surface area contributed by atoms with Gasteiger partial charge in [-0.25, -0.2) is 8.78 Å². The Morgan fingerprint density at radius 1 is 0.537 bits per heavy atom. The van der Waals surface area contributed by atoms with Crippen molar-refractivity contribution in [3.05, 3.63) is 234 Å². The zero-order valence-corrected chi connectivity index (χ0v) is 53.3. The van der Waals surface area contributed by atoms with E-state index < -0.39 is 234 Å². The maximum absolute atomic E-state index is 14.9. The Kier molecular flexibility index (Phi) is 15.4. The lowest BCUT2D eigenvalue weighted by Crippen LogP contribution is -2.40. The number of carbonyl (C=O) groups excluding carboxylic acids is 2. The average Bonchev–Trinajstić information content (AvgIpc) is 1.52. The molecule has 22 heteroatoms. The second-order valence-electron chi connectivity index (χ2n) is 21.1. The summed E-state index contributed by atoms with van der Waals surface area (Å²) in [5.41, 5.74) is -6.76. The fourth-order valence-electron chi connectivity index (χ4n) is 9.51. The van der Waals surface area contributed by atoms with Gasteiger partial charge in [-0.05, 0) is 157 Å². The third-order valence-corrected chi connectivity index (χ3v) is 16.7. The first-order chi connectivity index (χ1) is 55.4. The SMILES string of the molecule is [2H]c1c([2H])c(-c2c([2H])c([2H])c(C(F)(F)F)c([2H])c2[2H])c([2H])c([2H])c1CN(C(=O)Cn1c(SCc2ccc(F)cc2)nc(=O)c2c1C([2H])([2H])C([2H])(C)C2([2H])[2H])C([2H])([2H])C([2H])([2H])N(CC)CC.[2H]c1c([2H])c(CSc2nc(=O)c3c(n2CC(=O)N(Cc2ccc(-c4ccc(C(F)(F)F)cc4)cc2)C([2H])([2H])C([2H])([2H])N(CC)CC)CCC3)c([2H])c([2H])c1F. The predicted octanol–water partition coefficient (Wildman–Crippen LogP) is 14.7. The number of likely N-dealkylation sites (N-methyl/N-ethyl adjacent to an activating group) is 2. The van der Waals surface area contributed by atoms with Crippen LogP contribution in [0.1, 0.15) is 131 Å². The van der Waals surface area contributed by atoms with Gasteiger partial charge in [0, 0.05) is 85.4 Å². The van der Waals surface area contributed by atoms with Crippen LogP contribution < -0.4 is 11.1 Å². The summed E-state index contributed by atoms with van der Waals surface area (Å²) in [5, 5.41) is -0.505. The molecule has 0 radical (unpaired) electrons. The lowest BCUT2D eigenvalue weighted by atomic mass is 10.0. The van der Waals surface area contributed by atoms with Gasteiger partial charge in [0.15, 0.2) is 10.3 Å². The Balaban J connectivity index is 0.000000277. The van der Waals surface area contributed by atoms with Crippen molar-refractivity contribution in [3.8, 4) is 22.3 Å². The van der Waals surface area contributed by atoms with Crippen molar-refractivity contribution in [1.82, 2.24) is 38.7 Å². The van der Waals surface area contributed by atoms with Crippen LogP contribution in [0.4, 0.5) is 35.1 Å². The van der Waals surface area contributed by atoms with Crippen LogP contribution in [-0.4, -0.2) is 103 Å². The summed E-state index contributed by atoms with van der Waals surface area (Å²) in [6, 6.07) is 2.42. The molecule has 12 nitrogen and oxygen atoms in total. The van der Waals surface area contributed by atoms with Crippen molar-refractivity contribution in [3.63, 3.8) is 0 Å². The summed E-state index contributed by atoms with van der Waals surface area (Å²) < 4.78 is 327. The summed E-state index contributed by atoms with van der Waals surface area (Å²) in [6.07, 6.45) is -14.7. The highest BCUT2D eigenvalue weighted by atomic mass is 32.2. The first-order valence-corrected chi connectivity index (χ1v) is 31.6. The minimum atomic E-state index is -5.37. The zero-order valence-electron chi connectivity index (χ0n) is 76.7. The van der Waals surface area contributed by atoms with Gasteiger partial charge < -0.3 is 28.7 Å². The van der Waals surface area contributed by atoms with E-state index in [1.165, 1.54) is 47.6 Å². The van der Waals surface area contributed by atoms with E-state index in [2.05, 4.69) is 9.97 Å². The van der Waals surface area contributed by atoms with E-state index in [0.29, 0.717) is 64.5 Å². The number of hydrogen-bond acceptors (Lipinski definition) is 10. The number of halogens is 8. The van der Waals surface area contributed by atoms with Gasteiger partial charge in [-0.3, -0.25) is 19.2 Å². The fraction of sp³-hybridized carbons (Fsp3) is 0.370. The fourth-order valence-corrected chi connectivity index (χ4v) is 11.4. The third kappa shape index (κ3) is 19.2. The molecule has 2 amide bonds. The molecule has 2 heterocycles. The molecule has 0 aliphatic heterocycles. The van der Waals surface area contributed by atoms with Crippen LogP contribution in [0.15, 0.2) is 165 Å². The summed E-state index contributed by atoms with van der Waals surface area (Å²) in [4.78, 5) is 67.3. The molecular formula is C73H78F8N8O4S2. The number of hydrogen-bond donors (Lipinski definition) is 0. The van der Waals surface area contributed by atoms with Crippen molar-refractivity contribution >= 4 is 35.3 Å². The number of fused-ring (bicyclic) bond motifs is 2. The lowest BCUT2D eigenvalue weighted by molar-refractivity contribution is -0.138. The highest BCUT2D eigenvalue weighted by Crippen LogP contribution is 2.35. The molecule has 2 aliphatic rings. The number of amides is 2. The molecule has 1 unspecified atom stereocenters. The maximum Gasteiger partial charge on any atom is 0.416 e. The van der Waals surface area contributed by atoms with E-state index in [-0.39, 0.29) is 53.3 Å². The smallest absolute Gasteiger partial charge is 0.336 e. The minimum Gasteiger partial charge on any atom is -0.336 e. The molecule has 8 aromatic rings. The lowest BCUT2D eigenvalue weighted by Gasteiger charge is -2.28. The molecular weight excluding hydrogens is 1270 g/mol. The topological polar surface area (TPSA) is 117 Å². The summed E-state index contributed by atoms with van der Waals surface area (Å²) in [5.74, 6) is -7.44. The molecule has 0 spiro atoms. The van der Waals surface area contributed by atoms with Gasteiger partial charge in [0.2, 0.25) is 11.8 Å². The van der Waals surface area contributed by atoms with Crippen LogP contribution in [0, 0.1) is 17.5 Å². The molecule has 502 valence electrons. The van der Waals surface area contributed by atoms with E-state index in [9.17, 15) is 57.0 Å². The van der Waals surface area contributed by atoms with Gasteiger partial charge in [-0.15, -0.1) is 0 Å². The van der Waals surface area contributed by atoms with Gasteiger partial charge in [-0.1, -0.05) is 155 Å². The van der Waals surface area contributed by atoms with Gasteiger partial charge in [0.1, 0.15) is 24.7 Å². The molecule has 0 fully saturated rings. The third-order valence-electron chi connectivity index (χ3n) is 14.6. The Hall–Kier alpha value is -7.92. The maximum atomic E-state index is 14.9. The van der Waals surface area contributed by atoms with Gasteiger partial charge in [0.05, 0.1) is 33.1 Å². The number of thioether (sulfide) groups is 2. The molecule has 10 rings (SSSR count). The van der Waals surface area contributed by atoms with E-state index in [1.807, 2.05) is 0 Å². The minimum absolute atomic E-state index is 0.0339. The molecule has 0 bridgehead atoms. The van der Waals surface area contributed by atoms with Crippen LogP contribution >= 0.6 is 23.5 Å². The van der Waals surface area contributed by atoms with Crippen molar-refractivity contribution in [2.24, 2.45) is 5.89 Å². The Morgan fingerprint density at radius 3 is 1.51 bits per heavy atom. The van der Waals surface area contributed by atoms with E-state index in [1.54, 1.807) is 38.1 Å². The van der Waals surface area contributed by atoms with Gasteiger partial charge in [0.25, 0.3) is 11.1 Å². The van der Waals surface area contributed by atoms with Crippen LogP contribution in [0.5, 0.6) is 0 Å². The van der Waals surface area contributed by atoms with E-state index >= 15 is 0 Å². The highest BCUT2D eigenvalue weighted by molar-refractivity contribution is 7.98. The van der Waals surface area contributed by atoms with Gasteiger partial charge in [-0.2, -0.15) is 36.3 Å². The first kappa shape index (κ1) is 44.7. The van der Waals surface area contributed by atoms with Crippen molar-refractivity contribution in [2.75, 3.05) is 52.2 Å². The van der Waals surface area contributed by atoms with E-state index in [0.717, 1.165) is 57.3 Å². The molecule has 1 atom stereocenters. The summed E-state index contributed by atoms with van der Waals surface area (Å²) in [6.45, 7) is -8.95.